The van der Waals surface area contributed by atoms with E-state index in [9.17, 15) is 4.79 Å². The van der Waals surface area contributed by atoms with E-state index in [0.717, 1.165) is 24.2 Å². The molecule has 29 heavy (non-hydrogen) atoms. The normalized spacial score (nSPS) is 15.0. The van der Waals surface area contributed by atoms with Crippen molar-refractivity contribution >= 4 is 17.3 Å². The fraction of sp³-hybridized carbons (Fsp3) is 0.269. The topological polar surface area (TPSA) is 32.3 Å². The number of carbonyl (C=O) groups excluding carboxylic acids is 1. The lowest BCUT2D eigenvalue weighted by atomic mass is 10.0. The first kappa shape index (κ1) is 19.3. The molecule has 1 aliphatic rings. The molecule has 0 radical (unpaired) electrons. The van der Waals surface area contributed by atoms with E-state index in [4.69, 9.17) is 0 Å². The van der Waals surface area contributed by atoms with Crippen LogP contribution in [0.25, 0.3) is 0 Å². The van der Waals surface area contributed by atoms with Crippen molar-refractivity contribution in [2.75, 3.05) is 11.4 Å². The van der Waals surface area contributed by atoms with Gasteiger partial charge in [-0.15, -0.1) is 0 Å². The number of nitrogens with zero attached hydrogens (tertiary/aromatic N) is 1. The fourth-order valence-electron chi connectivity index (χ4n) is 4.25. The number of anilines is 2. The summed E-state index contributed by atoms with van der Waals surface area (Å²) in [6.07, 6.45) is 4.37. The standard InChI is InChI=1S/C26H28N2O/c29-26(22-14-10-11-15-22)27-20-25(21-12-4-1-5-13-21)28(23-16-6-2-7-17-23)24-18-8-3-9-19-24/h1-9,12-13,16-19,22,25H,10-11,14-15,20H2,(H,27,29). The Morgan fingerprint density at radius 2 is 1.28 bits per heavy atom. The molecule has 1 atom stereocenters. The van der Waals surface area contributed by atoms with Crippen LogP contribution in [0.15, 0.2) is 91.0 Å². The van der Waals surface area contributed by atoms with Crippen molar-refractivity contribution in [1.82, 2.24) is 5.32 Å². The van der Waals surface area contributed by atoms with E-state index in [-0.39, 0.29) is 17.9 Å². The SMILES string of the molecule is O=C(NCC(c1ccccc1)N(c1ccccc1)c1ccccc1)C1CCCC1. The largest absolute Gasteiger partial charge is 0.353 e. The van der Waals surface area contributed by atoms with E-state index in [1.54, 1.807) is 0 Å². The van der Waals surface area contributed by atoms with E-state index in [0.29, 0.717) is 6.54 Å². The molecule has 1 saturated carbocycles. The zero-order valence-corrected chi connectivity index (χ0v) is 16.7. The zero-order chi connectivity index (χ0) is 19.9. The molecular weight excluding hydrogens is 356 g/mol. The Labute approximate surface area is 173 Å². The molecule has 3 aromatic carbocycles. The first-order chi connectivity index (χ1) is 14.3. The maximum Gasteiger partial charge on any atom is 0.223 e. The van der Waals surface area contributed by atoms with Crippen LogP contribution in [-0.4, -0.2) is 12.5 Å². The third-order valence-corrected chi connectivity index (χ3v) is 5.76. The Bertz CT molecular complexity index is 850. The number of benzene rings is 3. The van der Waals surface area contributed by atoms with Gasteiger partial charge >= 0.3 is 0 Å². The van der Waals surface area contributed by atoms with Crippen molar-refractivity contribution in [2.24, 2.45) is 5.92 Å². The van der Waals surface area contributed by atoms with Crippen LogP contribution in [0.3, 0.4) is 0 Å². The molecule has 4 rings (SSSR count). The molecule has 148 valence electrons. The first-order valence-corrected chi connectivity index (χ1v) is 10.5. The molecule has 0 heterocycles. The Kier molecular flexibility index (Phi) is 6.25. The lowest BCUT2D eigenvalue weighted by molar-refractivity contribution is -0.124. The van der Waals surface area contributed by atoms with Crippen LogP contribution in [-0.2, 0) is 4.79 Å². The van der Waals surface area contributed by atoms with Crippen LogP contribution < -0.4 is 10.2 Å². The number of nitrogens with one attached hydrogen (secondary N) is 1. The monoisotopic (exact) mass is 384 g/mol. The molecule has 1 N–H and O–H groups in total. The number of rotatable bonds is 7. The van der Waals surface area contributed by atoms with Gasteiger partial charge in [0.15, 0.2) is 0 Å². The number of para-hydroxylation sites is 2. The van der Waals surface area contributed by atoms with Crippen LogP contribution in [0.1, 0.15) is 37.3 Å². The number of carbonyl (C=O) groups is 1. The third-order valence-electron chi connectivity index (χ3n) is 5.76. The second kappa shape index (κ2) is 9.42. The van der Waals surface area contributed by atoms with Gasteiger partial charge in [0, 0.05) is 23.8 Å². The van der Waals surface area contributed by atoms with Gasteiger partial charge in [0.05, 0.1) is 6.04 Å². The van der Waals surface area contributed by atoms with Crippen LogP contribution in [0.4, 0.5) is 11.4 Å². The van der Waals surface area contributed by atoms with Crippen molar-refractivity contribution in [1.29, 1.82) is 0 Å². The molecule has 0 bridgehead atoms. The highest BCUT2D eigenvalue weighted by molar-refractivity contribution is 5.79. The van der Waals surface area contributed by atoms with Crippen molar-refractivity contribution in [3.63, 3.8) is 0 Å². The van der Waals surface area contributed by atoms with Crippen LogP contribution in [0.5, 0.6) is 0 Å². The summed E-state index contributed by atoms with van der Waals surface area (Å²) >= 11 is 0. The van der Waals surface area contributed by atoms with Gasteiger partial charge in [0.1, 0.15) is 0 Å². The van der Waals surface area contributed by atoms with Gasteiger partial charge in [-0.3, -0.25) is 4.79 Å². The first-order valence-electron chi connectivity index (χ1n) is 10.5. The molecule has 1 aliphatic carbocycles. The summed E-state index contributed by atoms with van der Waals surface area (Å²) in [4.78, 5) is 15.1. The summed E-state index contributed by atoms with van der Waals surface area (Å²) in [6.45, 7) is 0.573. The summed E-state index contributed by atoms with van der Waals surface area (Å²) < 4.78 is 0. The Hall–Kier alpha value is -3.07. The summed E-state index contributed by atoms with van der Waals surface area (Å²) in [5.41, 5.74) is 3.41. The molecular formula is C26H28N2O. The van der Waals surface area contributed by atoms with Gasteiger partial charge in [0.25, 0.3) is 0 Å². The number of amides is 1. The van der Waals surface area contributed by atoms with Gasteiger partial charge in [-0.1, -0.05) is 79.6 Å². The van der Waals surface area contributed by atoms with Crippen LogP contribution in [0.2, 0.25) is 0 Å². The van der Waals surface area contributed by atoms with Crippen LogP contribution in [0, 0.1) is 5.92 Å². The molecule has 0 saturated heterocycles. The quantitative estimate of drug-likeness (QED) is 0.552. The highest BCUT2D eigenvalue weighted by atomic mass is 16.1. The summed E-state index contributed by atoms with van der Waals surface area (Å²) in [5, 5.41) is 3.26. The lowest BCUT2D eigenvalue weighted by Gasteiger charge is -2.34. The zero-order valence-electron chi connectivity index (χ0n) is 16.7. The van der Waals surface area contributed by atoms with Gasteiger partial charge in [-0.2, -0.15) is 0 Å². The molecule has 0 aromatic heterocycles. The highest BCUT2D eigenvalue weighted by Crippen LogP contribution is 2.35. The average Bonchev–Trinajstić information content (AvgIpc) is 3.33. The van der Waals surface area contributed by atoms with E-state index < -0.39 is 0 Å². The predicted molar refractivity (Wildman–Crippen MR) is 119 cm³/mol. The maximum absolute atomic E-state index is 12.7. The molecule has 1 unspecified atom stereocenters. The molecule has 0 spiro atoms. The van der Waals surface area contributed by atoms with Crippen molar-refractivity contribution in [3.05, 3.63) is 96.6 Å². The Morgan fingerprint density at radius 3 is 1.79 bits per heavy atom. The van der Waals surface area contributed by atoms with Crippen molar-refractivity contribution in [2.45, 2.75) is 31.7 Å². The van der Waals surface area contributed by atoms with E-state index >= 15 is 0 Å². The summed E-state index contributed by atoms with van der Waals surface area (Å²) in [6, 6.07) is 31.3. The summed E-state index contributed by atoms with van der Waals surface area (Å²) in [7, 11) is 0. The molecule has 3 nitrogen and oxygen atoms in total. The highest BCUT2D eigenvalue weighted by Gasteiger charge is 2.26. The van der Waals surface area contributed by atoms with Gasteiger partial charge in [0.2, 0.25) is 5.91 Å². The lowest BCUT2D eigenvalue weighted by Crippen LogP contribution is -2.38. The average molecular weight is 385 g/mol. The Balaban J connectivity index is 1.67. The molecule has 0 aliphatic heterocycles. The van der Waals surface area contributed by atoms with Gasteiger partial charge < -0.3 is 10.2 Å². The van der Waals surface area contributed by atoms with Crippen LogP contribution >= 0.6 is 0 Å². The third kappa shape index (κ3) is 4.68. The second-order valence-electron chi connectivity index (χ2n) is 7.69. The number of hydrogen-bond donors (Lipinski definition) is 1. The Morgan fingerprint density at radius 1 is 0.793 bits per heavy atom. The van der Waals surface area contributed by atoms with Crippen molar-refractivity contribution < 1.29 is 4.79 Å². The minimum absolute atomic E-state index is 0.00588. The predicted octanol–water partition coefficient (Wildman–Crippen LogP) is 5.87. The van der Waals surface area contributed by atoms with Crippen molar-refractivity contribution in [3.8, 4) is 0 Å². The molecule has 3 heteroatoms. The van der Waals surface area contributed by atoms with E-state index in [1.807, 2.05) is 18.2 Å². The summed E-state index contributed by atoms with van der Waals surface area (Å²) in [5.74, 6) is 0.373. The smallest absolute Gasteiger partial charge is 0.223 e. The second-order valence-corrected chi connectivity index (χ2v) is 7.69. The van der Waals surface area contributed by atoms with Gasteiger partial charge in [-0.25, -0.2) is 0 Å². The fourth-order valence-corrected chi connectivity index (χ4v) is 4.25. The molecule has 1 amide bonds. The minimum atomic E-state index is 0.00588. The number of hydrogen-bond acceptors (Lipinski definition) is 2. The molecule has 1 fully saturated rings. The maximum atomic E-state index is 12.7. The van der Waals surface area contributed by atoms with E-state index in [2.05, 4.69) is 83.0 Å². The minimum Gasteiger partial charge on any atom is -0.353 e. The molecule has 3 aromatic rings. The van der Waals surface area contributed by atoms with Gasteiger partial charge in [-0.05, 0) is 42.7 Å². The van der Waals surface area contributed by atoms with E-state index in [1.165, 1.54) is 18.4 Å².